The number of aryl methyl sites for hydroxylation is 1. The maximum atomic E-state index is 13.1. The van der Waals surface area contributed by atoms with Crippen LogP contribution >= 0.6 is 15.9 Å². The molecule has 2 aromatic heterocycles. The molecule has 3 aromatic carbocycles. The summed E-state index contributed by atoms with van der Waals surface area (Å²) in [5, 5.41) is -0.362. The zero-order chi connectivity index (χ0) is 43.6. The first-order valence-corrected chi connectivity index (χ1v) is 26.2. The molecule has 4 aliphatic rings. The second-order valence-electron chi connectivity index (χ2n) is 16.7. The Morgan fingerprint density at radius 2 is 0.855 bits per heavy atom. The molecule has 1 saturated carbocycles. The summed E-state index contributed by atoms with van der Waals surface area (Å²) in [7, 11) is -6.27. The molecule has 62 heavy (non-hydrogen) atoms. The Bertz CT molecular complexity index is 2110. The van der Waals surface area contributed by atoms with Crippen molar-refractivity contribution in [2.45, 2.75) is 99.9 Å². The molecule has 0 bridgehead atoms. The Kier molecular flexibility index (Phi) is 18.6. The number of benzene rings is 3. The molecular formula is C50H64BrN5O4S2. The molecule has 0 unspecified atom stereocenters. The summed E-state index contributed by atoms with van der Waals surface area (Å²) < 4.78 is 56.3. The zero-order valence-corrected chi connectivity index (χ0v) is 39.4. The highest BCUT2D eigenvalue weighted by atomic mass is 79.9. The third-order valence-electron chi connectivity index (χ3n) is 12.6. The van der Waals surface area contributed by atoms with Crippen LogP contribution in [0.3, 0.4) is 0 Å². The molecule has 332 valence electrons. The summed E-state index contributed by atoms with van der Waals surface area (Å²) in [6.07, 6.45) is 17.4. The van der Waals surface area contributed by atoms with E-state index in [1.807, 2.05) is 104 Å². The number of halogens is 1. The van der Waals surface area contributed by atoms with Crippen LogP contribution in [0.25, 0.3) is 0 Å². The van der Waals surface area contributed by atoms with Crippen LogP contribution in [0, 0.1) is 6.92 Å². The van der Waals surface area contributed by atoms with Crippen LogP contribution in [0.4, 0.5) is 5.69 Å². The molecular weight excluding hydrogens is 879 g/mol. The highest BCUT2D eigenvalue weighted by Crippen LogP contribution is 2.34. The highest BCUT2D eigenvalue weighted by Gasteiger charge is 2.37. The van der Waals surface area contributed by atoms with E-state index in [1.165, 1.54) is 28.8 Å². The quantitative estimate of drug-likeness (QED) is 0.160. The molecule has 5 heterocycles. The number of anilines is 1. The maximum absolute atomic E-state index is 13.1. The van der Waals surface area contributed by atoms with Gasteiger partial charge in [-0.3, -0.25) is 9.97 Å². The molecule has 9 rings (SSSR count). The predicted octanol–water partition coefficient (Wildman–Crippen LogP) is 10.6. The maximum Gasteiger partial charge on any atom is 0.217 e. The molecule has 0 radical (unpaired) electrons. The first kappa shape index (κ1) is 47.5. The molecule has 9 nitrogen and oxygen atoms in total. The second-order valence-corrected chi connectivity index (χ2v) is 22.1. The molecule has 5 aromatic rings. The largest absolute Gasteiger partial charge is 0.371 e. The van der Waals surface area contributed by atoms with Crippen LogP contribution in [-0.4, -0.2) is 85.2 Å². The average Bonchev–Trinajstić information content (AvgIpc) is 3.34. The summed E-state index contributed by atoms with van der Waals surface area (Å²) in [6, 6.07) is 38.7. The second kappa shape index (κ2) is 24.2. The summed E-state index contributed by atoms with van der Waals surface area (Å²) in [5.41, 5.74) is 5.08. The third-order valence-corrected chi connectivity index (χ3v) is 17.9. The van der Waals surface area contributed by atoms with E-state index in [9.17, 15) is 16.8 Å². The minimum atomic E-state index is -3.20. The normalized spacial score (nSPS) is 18.8. The number of piperidine rings is 3. The summed E-state index contributed by atoms with van der Waals surface area (Å²) in [5.74, 6) is 0.921. The van der Waals surface area contributed by atoms with Crippen LogP contribution in [-0.2, 0) is 20.0 Å². The van der Waals surface area contributed by atoms with E-state index in [2.05, 4.69) is 74.1 Å². The van der Waals surface area contributed by atoms with Gasteiger partial charge in [0.05, 0.1) is 10.5 Å². The molecule has 3 saturated heterocycles. The fourth-order valence-electron chi connectivity index (χ4n) is 8.94. The molecule has 0 amide bonds. The van der Waals surface area contributed by atoms with Crippen molar-refractivity contribution in [3.05, 3.63) is 161 Å². The van der Waals surface area contributed by atoms with Crippen LogP contribution in [0.15, 0.2) is 145 Å². The van der Waals surface area contributed by atoms with Gasteiger partial charge in [-0.1, -0.05) is 107 Å². The lowest BCUT2D eigenvalue weighted by Crippen LogP contribution is -2.47. The average molecular weight is 943 g/mol. The molecule has 0 N–H and O–H groups in total. The van der Waals surface area contributed by atoms with E-state index in [4.69, 9.17) is 0 Å². The van der Waals surface area contributed by atoms with Crippen LogP contribution < -0.4 is 4.90 Å². The number of hydrogen-bond donors (Lipinski definition) is 0. The molecule has 0 atom stereocenters. The van der Waals surface area contributed by atoms with Crippen LogP contribution in [0.5, 0.6) is 0 Å². The highest BCUT2D eigenvalue weighted by molar-refractivity contribution is 9.10. The summed E-state index contributed by atoms with van der Waals surface area (Å²) in [4.78, 5) is 10.4. The van der Waals surface area contributed by atoms with E-state index >= 15 is 0 Å². The third kappa shape index (κ3) is 14.0. The van der Waals surface area contributed by atoms with E-state index in [0.717, 1.165) is 68.9 Å². The Morgan fingerprint density at radius 3 is 1.23 bits per heavy atom. The molecule has 12 heteroatoms. The van der Waals surface area contributed by atoms with Gasteiger partial charge in [0.1, 0.15) is 0 Å². The monoisotopic (exact) mass is 941 g/mol. The fraction of sp³-hybridized carbons (Fsp3) is 0.440. The van der Waals surface area contributed by atoms with Gasteiger partial charge in [0.25, 0.3) is 0 Å². The minimum Gasteiger partial charge on any atom is -0.371 e. The summed E-state index contributed by atoms with van der Waals surface area (Å²) in [6.45, 7) is 6.31. The van der Waals surface area contributed by atoms with Gasteiger partial charge in [-0.15, -0.1) is 0 Å². The molecule has 3 aliphatic heterocycles. The molecule has 0 spiro atoms. The minimum absolute atomic E-state index is 0.122. The van der Waals surface area contributed by atoms with Crippen molar-refractivity contribution in [3.8, 4) is 0 Å². The van der Waals surface area contributed by atoms with Crippen molar-refractivity contribution < 1.29 is 16.8 Å². The fourth-order valence-corrected chi connectivity index (χ4v) is 13.3. The van der Waals surface area contributed by atoms with Crippen molar-refractivity contribution >= 4 is 41.7 Å². The van der Waals surface area contributed by atoms with Gasteiger partial charge in [-0.25, -0.2) is 25.4 Å². The number of nitrogens with zero attached hydrogens (tertiary/aromatic N) is 5. The smallest absolute Gasteiger partial charge is 0.217 e. The SMILES string of the molecule is Brc1ccccc1.Cc1ccccc1.O=S(=O)(C1CCCCC1)N1CCC(c2ccncc2)CC1.O=S(=O)(C1CCN(c2ccccc2)CC1)N1CCC(c2ccncc2)CC1. The van der Waals surface area contributed by atoms with Gasteiger partial charge in [0.15, 0.2) is 0 Å². The van der Waals surface area contributed by atoms with Crippen molar-refractivity contribution in [2.24, 2.45) is 0 Å². The Morgan fingerprint density at radius 1 is 0.468 bits per heavy atom. The molecule has 1 aliphatic carbocycles. The van der Waals surface area contributed by atoms with Crippen molar-refractivity contribution in [1.29, 1.82) is 0 Å². The zero-order valence-electron chi connectivity index (χ0n) is 36.2. The first-order chi connectivity index (χ1) is 30.1. The van der Waals surface area contributed by atoms with Crippen molar-refractivity contribution in [2.75, 3.05) is 44.2 Å². The number of para-hydroxylation sites is 1. The number of aromatic nitrogens is 2. The van der Waals surface area contributed by atoms with Crippen molar-refractivity contribution in [1.82, 2.24) is 18.6 Å². The van der Waals surface area contributed by atoms with Crippen LogP contribution in [0.1, 0.15) is 99.2 Å². The van der Waals surface area contributed by atoms with Crippen molar-refractivity contribution in [3.63, 3.8) is 0 Å². The lowest BCUT2D eigenvalue weighted by Gasteiger charge is -2.38. The van der Waals surface area contributed by atoms with E-state index < -0.39 is 20.0 Å². The lowest BCUT2D eigenvalue weighted by molar-refractivity contribution is 0.311. The number of sulfonamides is 2. The Hall–Kier alpha value is -3.94. The van der Waals surface area contributed by atoms with Gasteiger partial charge < -0.3 is 4.90 Å². The van der Waals surface area contributed by atoms with Gasteiger partial charge >= 0.3 is 0 Å². The topological polar surface area (TPSA) is 104 Å². The number of pyridine rings is 2. The predicted molar refractivity (Wildman–Crippen MR) is 257 cm³/mol. The van der Waals surface area contributed by atoms with Gasteiger partial charge in [0, 0.05) is 74.2 Å². The Balaban J connectivity index is 0.000000160. The number of rotatable bonds is 7. The van der Waals surface area contributed by atoms with Gasteiger partial charge in [0.2, 0.25) is 20.0 Å². The summed E-state index contributed by atoms with van der Waals surface area (Å²) >= 11 is 3.31. The van der Waals surface area contributed by atoms with Gasteiger partial charge in [-0.05, 0) is 130 Å². The standard InChI is InChI=1S/C21H27N3O2S.C16H24N2O2S.C7H8.C6H5Br/c25-27(26,21-10-14-23(15-11-21)20-4-2-1-3-5-20)24-16-8-19(9-17-24)18-6-12-22-13-7-18;19-21(20,16-4-2-1-3-5-16)18-12-8-15(9-13-18)14-6-10-17-11-7-14;1-7-5-3-2-4-6-7;7-6-4-2-1-3-5-6/h1-7,12-13,19,21H,8-11,14-17H2;6-7,10-11,15-16H,1-5,8-9,12-13H2;2-6H,1H3;1-5H. The van der Waals surface area contributed by atoms with Gasteiger partial charge in [-0.2, -0.15) is 0 Å². The van der Waals surface area contributed by atoms with E-state index in [0.29, 0.717) is 50.9 Å². The van der Waals surface area contributed by atoms with E-state index in [-0.39, 0.29) is 10.5 Å². The van der Waals surface area contributed by atoms with Crippen LogP contribution in [0.2, 0.25) is 0 Å². The molecule has 4 fully saturated rings. The lowest BCUT2D eigenvalue weighted by atomic mass is 9.91. The first-order valence-electron chi connectivity index (χ1n) is 22.4. The Labute approximate surface area is 380 Å². The number of hydrogen-bond acceptors (Lipinski definition) is 7. The van der Waals surface area contributed by atoms with E-state index in [1.54, 1.807) is 8.61 Å².